The van der Waals surface area contributed by atoms with Gasteiger partial charge in [-0.3, -0.25) is 14.7 Å². The number of aromatic nitrogens is 2. The molecule has 1 amide bonds. The maximum atomic E-state index is 12.2. The summed E-state index contributed by atoms with van der Waals surface area (Å²) >= 11 is 0. The molecule has 0 spiro atoms. The molecule has 0 saturated carbocycles. The van der Waals surface area contributed by atoms with Crippen molar-refractivity contribution in [1.29, 1.82) is 5.26 Å². The van der Waals surface area contributed by atoms with Crippen LogP contribution in [0.1, 0.15) is 30.3 Å². The summed E-state index contributed by atoms with van der Waals surface area (Å²) in [4.78, 5) is 24.1. The summed E-state index contributed by atoms with van der Waals surface area (Å²) in [6.07, 6.45) is 6.45. The van der Waals surface area contributed by atoms with E-state index < -0.39 is 0 Å². The molecule has 0 radical (unpaired) electrons. The van der Waals surface area contributed by atoms with E-state index in [9.17, 15) is 10.1 Å². The molecule has 2 rings (SSSR count). The zero-order valence-electron chi connectivity index (χ0n) is 11.7. The molecule has 0 N–H and O–H groups in total. The van der Waals surface area contributed by atoms with E-state index in [4.69, 9.17) is 0 Å². The Balaban J connectivity index is 1.91. The lowest BCUT2D eigenvalue weighted by atomic mass is 10.1. The van der Waals surface area contributed by atoms with E-state index >= 15 is 0 Å². The topological polar surface area (TPSA) is 73.1 Å². The number of nitrogens with zero attached hydrogens (tertiary/aromatic N) is 5. The number of carbonyl (C=O) groups excluding carboxylic acids is 1. The van der Waals surface area contributed by atoms with Crippen LogP contribution in [0.2, 0.25) is 0 Å². The van der Waals surface area contributed by atoms with Crippen LogP contribution in [-0.2, 0) is 0 Å². The minimum atomic E-state index is -0.0817. The summed E-state index contributed by atoms with van der Waals surface area (Å²) in [7, 11) is 0. The fourth-order valence-electron chi connectivity index (χ4n) is 2.41. The van der Waals surface area contributed by atoms with Gasteiger partial charge in [-0.15, -0.1) is 0 Å². The molecule has 1 aliphatic rings. The lowest BCUT2D eigenvalue weighted by Crippen LogP contribution is -2.51. The van der Waals surface area contributed by atoms with Gasteiger partial charge >= 0.3 is 0 Å². The van der Waals surface area contributed by atoms with E-state index in [1.165, 1.54) is 12.4 Å². The largest absolute Gasteiger partial charge is 0.335 e. The Kier molecular flexibility index (Phi) is 5.02. The molecule has 20 heavy (non-hydrogen) atoms. The summed E-state index contributed by atoms with van der Waals surface area (Å²) in [6.45, 7) is 4.83. The number of carbonyl (C=O) groups is 1. The van der Waals surface area contributed by atoms with Crippen molar-refractivity contribution >= 4 is 5.91 Å². The summed E-state index contributed by atoms with van der Waals surface area (Å²) in [6, 6.07) is 2.32. The highest BCUT2D eigenvalue weighted by atomic mass is 16.2. The van der Waals surface area contributed by atoms with Crippen molar-refractivity contribution in [2.45, 2.75) is 25.8 Å². The van der Waals surface area contributed by atoms with Gasteiger partial charge in [0, 0.05) is 38.6 Å². The van der Waals surface area contributed by atoms with E-state index in [1.54, 1.807) is 11.1 Å². The van der Waals surface area contributed by atoms with Gasteiger partial charge < -0.3 is 4.90 Å². The number of nitriles is 1. The normalized spacial score (nSPS) is 17.5. The lowest BCUT2D eigenvalue weighted by Gasteiger charge is -2.36. The number of amides is 1. The lowest BCUT2D eigenvalue weighted by molar-refractivity contribution is 0.0595. The Hall–Kier alpha value is -2.00. The van der Waals surface area contributed by atoms with Gasteiger partial charge in [0.05, 0.1) is 18.3 Å². The molecule has 6 heteroatoms. The summed E-state index contributed by atoms with van der Waals surface area (Å²) in [5.41, 5.74) is 0.381. The monoisotopic (exact) mass is 273 g/mol. The molecular weight excluding hydrogens is 254 g/mol. The summed E-state index contributed by atoms with van der Waals surface area (Å²) < 4.78 is 0. The van der Waals surface area contributed by atoms with Crippen molar-refractivity contribution in [3.63, 3.8) is 0 Å². The second kappa shape index (κ2) is 6.96. The first-order chi connectivity index (χ1) is 9.76. The van der Waals surface area contributed by atoms with Crippen LogP contribution >= 0.6 is 0 Å². The van der Waals surface area contributed by atoms with Crippen LogP contribution in [0.15, 0.2) is 18.6 Å². The highest BCUT2D eigenvalue weighted by molar-refractivity contribution is 5.92. The van der Waals surface area contributed by atoms with Crippen LogP contribution in [0.3, 0.4) is 0 Å². The predicted octanol–water partition coefficient (Wildman–Crippen LogP) is 0.927. The zero-order chi connectivity index (χ0) is 14.4. The second-order valence-corrected chi connectivity index (χ2v) is 4.85. The van der Waals surface area contributed by atoms with Gasteiger partial charge in [0.1, 0.15) is 5.69 Å². The van der Waals surface area contributed by atoms with Gasteiger partial charge in [-0.1, -0.05) is 13.3 Å². The molecule has 6 nitrogen and oxygen atoms in total. The van der Waals surface area contributed by atoms with Crippen LogP contribution in [-0.4, -0.2) is 57.9 Å². The Morgan fingerprint density at radius 3 is 2.70 bits per heavy atom. The smallest absolute Gasteiger partial charge is 0.274 e. The molecule has 1 saturated heterocycles. The predicted molar refractivity (Wildman–Crippen MR) is 73.8 cm³/mol. The third-order valence-electron chi connectivity index (χ3n) is 3.54. The van der Waals surface area contributed by atoms with Crippen LogP contribution in [0.5, 0.6) is 0 Å². The van der Waals surface area contributed by atoms with Gasteiger partial charge in [0.15, 0.2) is 0 Å². The van der Waals surface area contributed by atoms with Crippen molar-refractivity contribution in [3.05, 3.63) is 24.3 Å². The van der Waals surface area contributed by atoms with E-state index in [0.717, 1.165) is 25.9 Å². The Morgan fingerprint density at radius 1 is 1.40 bits per heavy atom. The Morgan fingerprint density at radius 2 is 2.15 bits per heavy atom. The molecule has 2 heterocycles. The van der Waals surface area contributed by atoms with Gasteiger partial charge in [0.25, 0.3) is 5.91 Å². The van der Waals surface area contributed by atoms with Crippen LogP contribution in [0.25, 0.3) is 0 Å². The first-order valence-corrected chi connectivity index (χ1v) is 6.95. The maximum absolute atomic E-state index is 12.2. The first-order valence-electron chi connectivity index (χ1n) is 6.95. The molecule has 0 bridgehead atoms. The van der Waals surface area contributed by atoms with Gasteiger partial charge in [0.2, 0.25) is 0 Å². The Labute approximate surface area is 119 Å². The molecule has 0 aliphatic carbocycles. The SMILES string of the molecule is CCCC(C#N)N1CCN(C(=O)c2cnccn2)CC1. The number of hydrogen-bond donors (Lipinski definition) is 0. The molecule has 1 aromatic rings. The highest BCUT2D eigenvalue weighted by Gasteiger charge is 2.26. The number of rotatable bonds is 4. The minimum absolute atomic E-state index is 0.0335. The molecule has 1 aromatic heterocycles. The number of hydrogen-bond acceptors (Lipinski definition) is 5. The highest BCUT2D eigenvalue weighted by Crippen LogP contribution is 2.12. The first kappa shape index (κ1) is 14.4. The third kappa shape index (κ3) is 3.31. The molecule has 1 atom stereocenters. The molecular formula is C14H19N5O. The average molecular weight is 273 g/mol. The van der Waals surface area contributed by atoms with E-state index in [2.05, 4.69) is 27.9 Å². The van der Waals surface area contributed by atoms with Gasteiger partial charge in [-0.25, -0.2) is 4.98 Å². The minimum Gasteiger partial charge on any atom is -0.335 e. The fraction of sp³-hybridized carbons (Fsp3) is 0.571. The van der Waals surface area contributed by atoms with Crippen molar-refractivity contribution in [2.24, 2.45) is 0 Å². The second-order valence-electron chi connectivity index (χ2n) is 4.85. The van der Waals surface area contributed by atoms with Crippen molar-refractivity contribution in [1.82, 2.24) is 19.8 Å². The summed E-state index contributed by atoms with van der Waals surface area (Å²) in [5.74, 6) is -0.0817. The number of piperazine rings is 1. The van der Waals surface area contributed by atoms with E-state index in [-0.39, 0.29) is 11.9 Å². The van der Waals surface area contributed by atoms with E-state index in [1.807, 2.05) is 0 Å². The van der Waals surface area contributed by atoms with Crippen LogP contribution < -0.4 is 0 Å². The summed E-state index contributed by atoms with van der Waals surface area (Å²) in [5, 5.41) is 9.17. The van der Waals surface area contributed by atoms with Crippen molar-refractivity contribution < 1.29 is 4.79 Å². The van der Waals surface area contributed by atoms with Gasteiger partial charge in [-0.05, 0) is 6.42 Å². The maximum Gasteiger partial charge on any atom is 0.274 e. The zero-order valence-corrected chi connectivity index (χ0v) is 11.7. The van der Waals surface area contributed by atoms with E-state index in [0.29, 0.717) is 18.8 Å². The average Bonchev–Trinajstić information content (AvgIpc) is 2.53. The van der Waals surface area contributed by atoms with Crippen LogP contribution in [0.4, 0.5) is 0 Å². The van der Waals surface area contributed by atoms with Gasteiger partial charge in [-0.2, -0.15) is 5.26 Å². The third-order valence-corrected chi connectivity index (χ3v) is 3.54. The molecule has 1 unspecified atom stereocenters. The van der Waals surface area contributed by atoms with Crippen LogP contribution in [0, 0.1) is 11.3 Å². The van der Waals surface area contributed by atoms with Crippen molar-refractivity contribution in [2.75, 3.05) is 26.2 Å². The molecule has 1 fully saturated rings. The quantitative estimate of drug-likeness (QED) is 0.816. The standard InChI is InChI=1S/C14H19N5O/c1-2-3-12(10-15)18-6-8-19(9-7-18)14(20)13-11-16-4-5-17-13/h4-5,11-12H,2-3,6-9H2,1H3. The van der Waals surface area contributed by atoms with Crippen molar-refractivity contribution in [3.8, 4) is 6.07 Å². The molecule has 0 aromatic carbocycles. The molecule has 1 aliphatic heterocycles. The molecule has 106 valence electrons. The fourth-order valence-corrected chi connectivity index (χ4v) is 2.41. The Bertz CT molecular complexity index is 476.